The minimum atomic E-state index is -0.354. The van der Waals surface area contributed by atoms with Crippen LogP contribution >= 0.6 is 0 Å². The Morgan fingerprint density at radius 1 is 1.57 bits per heavy atom. The molecule has 0 spiro atoms. The van der Waals surface area contributed by atoms with Crippen molar-refractivity contribution in [3.63, 3.8) is 0 Å². The Kier molecular flexibility index (Phi) is 3.23. The molecule has 0 aromatic carbocycles. The lowest BCUT2D eigenvalue weighted by Crippen LogP contribution is -2.26. The zero-order valence-corrected chi connectivity index (χ0v) is 8.78. The number of ketones is 1. The first kappa shape index (κ1) is 10.7. The summed E-state index contributed by atoms with van der Waals surface area (Å²) < 4.78 is 1.47. The number of rotatable bonds is 3. The van der Waals surface area contributed by atoms with Crippen molar-refractivity contribution in [2.75, 3.05) is 0 Å². The van der Waals surface area contributed by atoms with E-state index in [1.165, 1.54) is 4.57 Å². The van der Waals surface area contributed by atoms with Gasteiger partial charge in [0, 0.05) is 18.7 Å². The van der Waals surface area contributed by atoms with Crippen molar-refractivity contribution in [3.05, 3.63) is 34.2 Å². The molecule has 1 heterocycles. The lowest BCUT2D eigenvalue weighted by Gasteiger charge is -2.12. The maximum atomic E-state index is 11.5. The standard InChI is InChI=1S/C11H15NO2/c1-4-10(13)9(3)12-6-5-8(2)7-11(12)14/h5-7,9H,4H2,1-3H3. The van der Waals surface area contributed by atoms with Gasteiger partial charge in [0.05, 0.1) is 6.04 Å². The third-order valence-corrected chi connectivity index (χ3v) is 2.34. The van der Waals surface area contributed by atoms with E-state index >= 15 is 0 Å². The number of aromatic nitrogens is 1. The second kappa shape index (κ2) is 4.22. The highest BCUT2D eigenvalue weighted by Gasteiger charge is 2.13. The number of carbonyl (C=O) groups excluding carboxylic acids is 1. The Balaban J connectivity index is 3.08. The van der Waals surface area contributed by atoms with E-state index < -0.39 is 0 Å². The molecule has 0 amide bonds. The molecule has 3 nitrogen and oxygen atoms in total. The molecule has 1 aromatic rings. The molecule has 14 heavy (non-hydrogen) atoms. The monoisotopic (exact) mass is 193 g/mol. The molecule has 0 saturated heterocycles. The van der Waals surface area contributed by atoms with Crippen LogP contribution in [0.4, 0.5) is 0 Å². The van der Waals surface area contributed by atoms with Crippen molar-refractivity contribution in [2.45, 2.75) is 33.2 Å². The summed E-state index contributed by atoms with van der Waals surface area (Å²) in [5.41, 5.74) is 0.807. The van der Waals surface area contributed by atoms with Crippen LogP contribution in [0.15, 0.2) is 23.1 Å². The number of nitrogens with zero attached hydrogens (tertiary/aromatic N) is 1. The van der Waals surface area contributed by atoms with Gasteiger partial charge in [0.2, 0.25) is 0 Å². The van der Waals surface area contributed by atoms with Crippen LogP contribution in [0.25, 0.3) is 0 Å². The van der Waals surface area contributed by atoms with Gasteiger partial charge in [0.25, 0.3) is 5.56 Å². The largest absolute Gasteiger partial charge is 0.305 e. The summed E-state index contributed by atoms with van der Waals surface area (Å²) in [7, 11) is 0. The van der Waals surface area contributed by atoms with E-state index in [0.717, 1.165) is 5.56 Å². The predicted molar refractivity (Wildman–Crippen MR) is 55.4 cm³/mol. The minimum Gasteiger partial charge on any atom is -0.305 e. The topological polar surface area (TPSA) is 39.1 Å². The number of carbonyl (C=O) groups is 1. The van der Waals surface area contributed by atoms with Gasteiger partial charge < -0.3 is 4.57 Å². The fraction of sp³-hybridized carbons (Fsp3) is 0.455. The van der Waals surface area contributed by atoms with Crippen LogP contribution in [0.3, 0.4) is 0 Å². The second-order valence-electron chi connectivity index (χ2n) is 3.45. The highest BCUT2D eigenvalue weighted by Crippen LogP contribution is 2.06. The Bertz CT molecular complexity index is 393. The maximum Gasteiger partial charge on any atom is 0.251 e. The van der Waals surface area contributed by atoms with Crippen molar-refractivity contribution in [3.8, 4) is 0 Å². The molecule has 0 aliphatic carbocycles. The Hall–Kier alpha value is -1.38. The lowest BCUT2D eigenvalue weighted by atomic mass is 10.1. The number of hydrogen-bond donors (Lipinski definition) is 0. The predicted octanol–water partition coefficient (Wildman–Crippen LogP) is 1.70. The molecule has 1 unspecified atom stereocenters. The quantitative estimate of drug-likeness (QED) is 0.732. The Labute approximate surface area is 83.4 Å². The van der Waals surface area contributed by atoms with Crippen LogP contribution in [0.1, 0.15) is 31.9 Å². The van der Waals surface area contributed by atoms with Gasteiger partial charge in [-0.3, -0.25) is 9.59 Å². The van der Waals surface area contributed by atoms with E-state index in [2.05, 4.69) is 0 Å². The molecular formula is C11H15NO2. The lowest BCUT2D eigenvalue weighted by molar-refractivity contribution is -0.121. The van der Waals surface area contributed by atoms with E-state index in [-0.39, 0.29) is 17.4 Å². The van der Waals surface area contributed by atoms with Gasteiger partial charge in [0.15, 0.2) is 5.78 Å². The first-order chi connectivity index (χ1) is 6.56. The average molecular weight is 193 g/mol. The van der Waals surface area contributed by atoms with Crippen molar-refractivity contribution in [1.29, 1.82) is 0 Å². The van der Waals surface area contributed by atoms with Gasteiger partial charge in [0.1, 0.15) is 0 Å². The number of pyridine rings is 1. The molecule has 0 N–H and O–H groups in total. The highest BCUT2D eigenvalue weighted by molar-refractivity contribution is 5.81. The minimum absolute atomic E-state index is 0.0796. The van der Waals surface area contributed by atoms with Gasteiger partial charge in [-0.25, -0.2) is 0 Å². The molecular weight excluding hydrogens is 178 g/mol. The van der Waals surface area contributed by atoms with Crippen LogP contribution in [-0.4, -0.2) is 10.4 Å². The van der Waals surface area contributed by atoms with Crippen molar-refractivity contribution in [2.24, 2.45) is 0 Å². The fourth-order valence-electron chi connectivity index (χ4n) is 1.36. The summed E-state index contributed by atoms with van der Waals surface area (Å²) in [4.78, 5) is 22.9. The molecule has 0 saturated carbocycles. The molecule has 0 fully saturated rings. The van der Waals surface area contributed by atoms with Crippen molar-refractivity contribution in [1.82, 2.24) is 4.57 Å². The molecule has 3 heteroatoms. The fourth-order valence-corrected chi connectivity index (χ4v) is 1.36. The SMILES string of the molecule is CCC(=O)C(C)n1ccc(C)cc1=O. The summed E-state index contributed by atoms with van der Waals surface area (Å²) in [6.45, 7) is 5.42. The molecule has 0 radical (unpaired) electrons. The molecule has 0 aliphatic heterocycles. The van der Waals surface area contributed by atoms with Gasteiger partial charge in [-0.1, -0.05) is 6.92 Å². The zero-order valence-electron chi connectivity index (χ0n) is 8.78. The molecule has 76 valence electrons. The summed E-state index contributed by atoms with van der Waals surface area (Å²) in [5, 5.41) is 0. The molecule has 1 aromatic heterocycles. The van der Waals surface area contributed by atoms with Gasteiger partial charge in [-0.2, -0.15) is 0 Å². The summed E-state index contributed by atoms with van der Waals surface area (Å²) in [5.74, 6) is 0.0796. The van der Waals surface area contributed by atoms with E-state index in [1.807, 2.05) is 13.0 Å². The van der Waals surface area contributed by atoms with Gasteiger partial charge >= 0.3 is 0 Å². The van der Waals surface area contributed by atoms with E-state index in [1.54, 1.807) is 26.1 Å². The highest BCUT2D eigenvalue weighted by atomic mass is 16.1. The smallest absolute Gasteiger partial charge is 0.251 e. The van der Waals surface area contributed by atoms with Crippen molar-refractivity contribution >= 4 is 5.78 Å². The van der Waals surface area contributed by atoms with Crippen LogP contribution < -0.4 is 5.56 Å². The zero-order chi connectivity index (χ0) is 10.7. The number of aryl methyl sites for hydroxylation is 1. The van der Waals surface area contributed by atoms with Crippen LogP contribution in [0.2, 0.25) is 0 Å². The molecule has 1 atom stereocenters. The second-order valence-corrected chi connectivity index (χ2v) is 3.45. The Morgan fingerprint density at radius 3 is 2.71 bits per heavy atom. The third kappa shape index (κ3) is 2.10. The van der Waals surface area contributed by atoms with Crippen LogP contribution in [-0.2, 0) is 4.79 Å². The van der Waals surface area contributed by atoms with E-state index in [4.69, 9.17) is 0 Å². The van der Waals surface area contributed by atoms with E-state index in [0.29, 0.717) is 6.42 Å². The summed E-state index contributed by atoms with van der Waals surface area (Å²) in [6.07, 6.45) is 2.14. The summed E-state index contributed by atoms with van der Waals surface area (Å²) >= 11 is 0. The number of Topliss-reactive ketones (excluding diaryl/α,β-unsaturated/α-hetero) is 1. The molecule has 0 aliphatic rings. The van der Waals surface area contributed by atoms with Crippen LogP contribution in [0.5, 0.6) is 0 Å². The third-order valence-electron chi connectivity index (χ3n) is 2.34. The Morgan fingerprint density at radius 2 is 2.21 bits per heavy atom. The van der Waals surface area contributed by atoms with E-state index in [9.17, 15) is 9.59 Å². The normalized spacial score (nSPS) is 12.5. The molecule has 1 rings (SSSR count). The first-order valence-corrected chi connectivity index (χ1v) is 4.77. The van der Waals surface area contributed by atoms with Crippen molar-refractivity contribution < 1.29 is 4.79 Å². The summed E-state index contributed by atoms with van der Waals surface area (Å²) in [6, 6.07) is 3.02. The van der Waals surface area contributed by atoms with Gasteiger partial charge in [-0.05, 0) is 25.5 Å². The maximum absolute atomic E-state index is 11.5. The average Bonchev–Trinajstić information content (AvgIpc) is 2.15. The number of hydrogen-bond acceptors (Lipinski definition) is 2. The van der Waals surface area contributed by atoms with Crippen LogP contribution in [0, 0.1) is 6.92 Å². The molecule has 0 bridgehead atoms. The first-order valence-electron chi connectivity index (χ1n) is 4.77. The van der Waals surface area contributed by atoms with Gasteiger partial charge in [-0.15, -0.1) is 0 Å².